The van der Waals surface area contributed by atoms with Crippen molar-refractivity contribution >= 4 is 17.4 Å². The molecule has 0 bridgehead atoms. The molecule has 7 heteroatoms. The van der Waals surface area contributed by atoms with Gasteiger partial charge in [-0.2, -0.15) is 0 Å². The maximum atomic E-state index is 13.2. The number of aryl methyl sites for hydroxylation is 1. The zero-order valence-electron chi connectivity index (χ0n) is 16.4. The number of aromatic amines is 1. The van der Waals surface area contributed by atoms with Crippen LogP contribution >= 0.6 is 0 Å². The second-order valence-corrected chi connectivity index (χ2v) is 7.12. The van der Waals surface area contributed by atoms with Crippen molar-refractivity contribution in [1.29, 1.82) is 0 Å². The minimum Gasteiger partial charge on any atom is -0.383 e. The fraction of sp³-hybridized carbons (Fsp3) is 0.450. The normalized spacial score (nSPS) is 11.0. The van der Waals surface area contributed by atoms with E-state index < -0.39 is 11.2 Å². The Kier molecular flexibility index (Phi) is 6.60. The Hall–Kier alpha value is -2.83. The van der Waals surface area contributed by atoms with Crippen LogP contribution in [0.5, 0.6) is 0 Å². The first-order valence-electron chi connectivity index (χ1n) is 9.28. The van der Waals surface area contributed by atoms with Crippen molar-refractivity contribution in [2.24, 2.45) is 5.92 Å². The number of rotatable bonds is 7. The number of hydrogen-bond donors (Lipinski definition) is 2. The Balaban J connectivity index is 2.63. The first-order chi connectivity index (χ1) is 12.8. The van der Waals surface area contributed by atoms with Crippen molar-refractivity contribution in [3.8, 4) is 0 Å². The molecule has 146 valence electrons. The average Bonchev–Trinajstić information content (AvgIpc) is 2.61. The van der Waals surface area contributed by atoms with Gasteiger partial charge in [-0.05, 0) is 30.9 Å². The van der Waals surface area contributed by atoms with Gasteiger partial charge in [0, 0.05) is 18.7 Å². The van der Waals surface area contributed by atoms with E-state index in [2.05, 4.69) is 4.98 Å². The van der Waals surface area contributed by atoms with Gasteiger partial charge < -0.3 is 10.6 Å². The summed E-state index contributed by atoms with van der Waals surface area (Å²) in [5, 5.41) is 0. The van der Waals surface area contributed by atoms with E-state index in [9.17, 15) is 14.4 Å². The third-order valence-electron chi connectivity index (χ3n) is 4.39. The number of nitrogens with two attached hydrogens (primary N) is 1. The fourth-order valence-electron chi connectivity index (χ4n) is 2.97. The van der Waals surface area contributed by atoms with E-state index in [0.29, 0.717) is 25.1 Å². The highest BCUT2D eigenvalue weighted by atomic mass is 16.2. The minimum atomic E-state index is -0.643. The largest absolute Gasteiger partial charge is 0.383 e. The Bertz CT molecular complexity index is 928. The standard InChI is InChI=1S/C20H28N4O3/c1-5-6-11-23(19(26)15-10-8-7-9-14(15)4)16-17(21)24(12-13(2)3)20(27)22-18(16)25/h7-10,13H,5-6,11-12,21H2,1-4H3,(H,22,25,27). The van der Waals surface area contributed by atoms with Gasteiger partial charge in [0.05, 0.1) is 0 Å². The number of H-pyrrole nitrogens is 1. The van der Waals surface area contributed by atoms with Gasteiger partial charge in [-0.1, -0.05) is 45.4 Å². The van der Waals surface area contributed by atoms with Gasteiger partial charge in [0.2, 0.25) is 0 Å². The van der Waals surface area contributed by atoms with Gasteiger partial charge in [-0.25, -0.2) is 4.79 Å². The zero-order valence-corrected chi connectivity index (χ0v) is 16.4. The molecule has 2 rings (SSSR count). The quantitative estimate of drug-likeness (QED) is 0.780. The molecule has 0 aliphatic heterocycles. The molecule has 2 aromatic rings. The molecule has 0 fully saturated rings. The molecule has 0 saturated carbocycles. The molecule has 0 aliphatic carbocycles. The van der Waals surface area contributed by atoms with E-state index in [1.807, 2.05) is 39.8 Å². The van der Waals surface area contributed by atoms with Gasteiger partial charge >= 0.3 is 5.69 Å². The van der Waals surface area contributed by atoms with Crippen molar-refractivity contribution in [2.75, 3.05) is 17.2 Å². The number of nitrogens with zero attached hydrogens (tertiary/aromatic N) is 2. The van der Waals surface area contributed by atoms with Crippen molar-refractivity contribution in [1.82, 2.24) is 9.55 Å². The van der Waals surface area contributed by atoms with E-state index >= 15 is 0 Å². The maximum Gasteiger partial charge on any atom is 0.330 e. The first kappa shape index (κ1) is 20.5. The Morgan fingerprint density at radius 2 is 1.93 bits per heavy atom. The SMILES string of the molecule is CCCCN(C(=O)c1ccccc1C)c1c(N)n(CC(C)C)c(=O)[nH]c1=O. The molecule has 0 unspecified atom stereocenters. The summed E-state index contributed by atoms with van der Waals surface area (Å²) in [6.45, 7) is 8.45. The van der Waals surface area contributed by atoms with E-state index in [-0.39, 0.29) is 23.3 Å². The molecule has 0 radical (unpaired) electrons. The molecule has 0 saturated heterocycles. The third-order valence-corrected chi connectivity index (χ3v) is 4.39. The molecule has 1 aromatic heterocycles. The summed E-state index contributed by atoms with van der Waals surface area (Å²) in [5.41, 5.74) is 6.37. The number of hydrogen-bond acceptors (Lipinski definition) is 4. The highest BCUT2D eigenvalue weighted by molar-refractivity contribution is 6.08. The van der Waals surface area contributed by atoms with Crippen LogP contribution in [0.25, 0.3) is 0 Å². The summed E-state index contributed by atoms with van der Waals surface area (Å²) >= 11 is 0. The zero-order chi connectivity index (χ0) is 20.1. The summed E-state index contributed by atoms with van der Waals surface area (Å²) in [4.78, 5) is 41.7. The number of unbranched alkanes of at least 4 members (excludes halogenated alkanes) is 1. The smallest absolute Gasteiger partial charge is 0.330 e. The van der Waals surface area contributed by atoms with Crippen LogP contribution in [-0.4, -0.2) is 22.0 Å². The summed E-state index contributed by atoms with van der Waals surface area (Å²) in [6.07, 6.45) is 1.56. The maximum absolute atomic E-state index is 13.2. The highest BCUT2D eigenvalue weighted by Gasteiger charge is 2.25. The van der Waals surface area contributed by atoms with Crippen LogP contribution in [0.4, 0.5) is 11.5 Å². The Morgan fingerprint density at radius 1 is 1.26 bits per heavy atom. The van der Waals surface area contributed by atoms with Gasteiger partial charge in [0.1, 0.15) is 5.82 Å². The summed E-state index contributed by atoms with van der Waals surface area (Å²) in [7, 11) is 0. The topological polar surface area (TPSA) is 101 Å². The summed E-state index contributed by atoms with van der Waals surface area (Å²) in [6, 6.07) is 7.21. The van der Waals surface area contributed by atoms with Crippen molar-refractivity contribution in [3.63, 3.8) is 0 Å². The first-order valence-corrected chi connectivity index (χ1v) is 9.28. The number of nitrogens with one attached hydrogen (secondary N) is 1. The van der Waals surface area contributed by atoms with Crippen LogP contribution in [0.1, 0.15) is 49.5 Å². The second-order valence-electron chi connectivity index (χ2n) is 7.12. The van der Waals surface area contributed by atoms with Gasteiger partial charge in [0.15, 0.2) is 5.69 Å². The molecule has 1 heterocycles. The lowest BCUT2D eigenvalue weighted by atomic mass is 10.1. The number of amides is 1. The van der Waals surface area contributed by atoms with Crippen molar-refractivity contribution < 1.29 is 4.79 Å². The van der Waals surface area contributed by atoms with Crippen molar-refractivity contribution in [3.05, 3.63) is 56.2 Å². The molecular weight excluding hydrogens is 344 g/mol. The predicted octanol–water partition coefficient (Wildman–Crippen LogP) is 2.53. The van der Waals surface area contributed by atoms with E-state index in [1.54, 1.807) is 12.1 Å². The van der Waals surface area contributed by atoms with Crippen LogP contribution in [0.2, 0.25) is 0 Å². The number of carbonyl (C=O) groups excluding carboxylic acids is 1. The molecular formula is C20H28N4O3. The molecule has 7 nitrogen and oxygen atoms in total. The van der Waals surface area contributed by atoms with E-state index in [4.69, 9.17) is 5.73 Å². The lowest BCUT2D eigenvalue weighted by Crippen LogP contribution is -2.42. The Labute approximate surface area is 158 Å². The highest BCUT2D eigenvalue weighted by Crippen LogP contribution is 2.22. The molecule has 0 spiro atoms. The van der Waals surface area contributed by atoms with Crippen LogP contribution in [0.3, 0.4) is 0 Å². The van der Waals surface area contributed by atoms with E-state index in [1.165, 1.54) is 9.47 Å². The molecule has 0 aliphatic rings. The molecule has 3 N–H and O–H groups in total. The van der Waals surface area contributed by atoms with Gasteiger partial charge in [-0.3, -0.25) is 19.1 Å². The van der Waals surface area contributed by atoms with E-state index in [0.717, 1.165) is 12.0 Å². The summed E-state index contributed by atoms with van der Waals surface area (Å²) in [5.74, 6) is -0.121. The Morgan fingerprint density at radius 3 is 2.52 bits per heavy atom. The summed E-state index contributed by atoms with van der Waals surface area (Å²) < 4.78 is 1.32. The molecule has 0 atom stereocenters. The number of nitrogen functional groups attached to an aromatic ring is 1. The number of anilines is 2. The number of carbonyl (C=O) groups is 1. The fourth-order valence-corrected chi connectivity index (χ4v) is 2.97. The van der Waals surface area contributed by atoms with Gasteiger partial charge in [-0.15, -0.1) is 0 Å². The van der Waals surface area contributed by atoms with Crippen LogP contribution < -0.4 is 21.9 Å². The molecule has 1 amide bonds. The minimum absolute atomic E-state index is 0.0236. The van der Waals surface area contributed by atoms with Crippen LogP contribution in [-0.2, 0) is 6.54 Å². The molecule has 1 aromatic carbocycles. The van der Waals surface area contributed by atoms with Crippen LogP contribution in [0.15, 0.2) is 33.9 Å². The lowest BCUT2D eigenvalue weighted by Gasteiger charge is -2.25. The van der Waals surface area contributed by atoms with Crippen molar-refractivity contribution in [2.45, 2.75) is 47.1 Å². The number of aromatic nitrogens is 2. The average molecular weight is 372 g/mol. The third kappa shape index (κ3) is 4.48. The monoisotopic (exact) mass is 372 g/mol. The van der Waals surface area contributed by atoms with Gasteiger partial charge in [0.25, 0.3) is 11.5 Å². The lowest BCUT2D eigenvalue weighted by molar-refractivity contribution is 0.0985. The molecule has 27 heavy (non-hydrogen) atoms. The second kappa shape index (κ2) is 8.70. The van der Waals surface area contributed by atoms with Crippen LogP contribution in [0, 0.1) is 12.8 Å². The predicted molar refractivity (Wildman–Crippen MR) is 108 cm³/mol. The number of benzene rings is 1.